The minimum atomic E-state index is -4.59. The van der Waals surface area contributed by atoms with Crippen molar-refractivity contribution in [2.24, 2.45) is 0 Å². The molecule has 0 aliphatic rings. The highest BCUT2D eigenvalue weighted by Gasteiger charge is 2.24. The van der Waals surface area contributed by atoms with Gasteiger partial charge in [-0.25, -0.2) is 0 Å². The van der Waals surface area contributed by atoms with Gasteiger partial charge in [0.25, 0.3) is 7.82 Å². The van der Waals surface area contributed by atoms with E-state index in [-0.39, 0.29) is 19.1 Å². The van der Waals surface area contributed by atoms with Gasteiger partial charge in [-0.1, -0.05) is 373 Å². The van der Waals surface area contributed by atoms with Crippen LogP contribution < -0.4 is 10.2 Å². The molecule has 92 heavy (non-hydrogen) atoms. The van der Waals surface area contributed by atoms with Crippen molar-refractivity contribution in [3.63, 3.8) is 0 Å². The second kappa shape index (κ2) is 72.2. The third-order valence-electron chi connectivity index (χ3n) is 17.2. The van der Waals surface area contributed by atoms with Crippen LogP contribution in [0.1, 0.15) is 348 Å². The summed E-state index contributed by atoms with van der Waals surface area (Å²) in [5, 5.41) is 14.1. The van der Waals surface area contributed by atoms with E-state index < -0.39 is 20.0 Å². The van der Waals surface area contributed by atoms with Crippen LogP contribution in [-0.2, 0) is 18.4 Å². The van der Waals surface area contributed by atoms with E-state index in [0.717, 1.165) is 109 Å². The van der Waals surface area contributed by atoms with Gasteiger partial charge in [0.15, 0.2) is 0 Å². The first-order valence-electron chi connectivity index (χ1n) is 38.9. The van der Waals surface area contributed by atoms with Gasteiger partial charge in [-0.15, -0.1) is 0 Å². The number of likely N-dealkylation sites (N-methyl/N-ethyl adjacent to an activating group) is 1. The van der Waals surface area contributed by atoms with Gasteiger partial charge in [-0.05, 0) is 89.9 Å². The molecule has 0 aromatic heterocycles. The quantitative estimate of drug-likeness (QED) is 0.0272. The molecule has 0 heterocycles. The molecule has 0 spiro atoms. The van der Waals surface area contributed by atoms with Crippen molar-refractivity contribution in [3.8, 4) is 0 Å². The Morgan fingerprint density at radius 1 is 0.391 bits per heavy atom. The molecule has 0 fully saturated rings. The lowest BCUT2D eigenvalue weighted by Gasteiger charge is -2.30. The molecule has 0 radical (unpaired) electrons. The maximum Gasteiger partial charge on any atom is 0.268 e. The Morgan fingerprint density at radius 3 is 0.967 bits per heavy atom. The first kappa shape index (κ1) is 88.9. The van der Waals surface area contributed by atoms with Crippen molar-refractivity contribution in [1.29, 1.82) is 0 Å². The van der Waals surface area contributed by atoms with Crippen LogP contribution in [0.5, 0.6) is 0 Å². The predicted octanol–water partition coefficient (Wildman–Crippen LogP) is 24.9. The number of carbonyl (C=O) groups excluding carboxylic acids is 1. The van der Waals surface area contributed by atoms with E-state index in [1.807, 2.05) is 21.1 Å². The highest BCUT2D eigenvalue weighted by atomic mass is 31.2. The molecule has 8 nitrogen and oxygen atoms in total. The van der Waals surface area contributed by atoms with Gasteiger partial charge >= 0.3 is 0 Å². The zero-order valence-electron chi connectivity index (χ0n) is 61.0. The first-order chi connectivity index (χ1) is 45.0. The molecule has 0 aromatic rings. The van der Waals surface area contributed by atoms with Crippen molar-refractivity contribution < 1.29 is 32.9 Å². The summed E-state index contributed by atoms with van der Waals surface area (Å²) in [4.78, 5) is 25.7. The monoisotopic (exact) mass is 1300 g/mol. The van der Waals surface area contributed by atoms with Gasteiger partial charge in [-0.2, -0.15) is 0 Å². The van der Waals surface area contributed by atoms with E-state index in [0.29, 0.717) is 23.9 Å². The SMILES string of the molecule is CC/C=C\C/C=C\C/C=C\C/C=C\C/C=C\C/C=C\C/C=C\C/C=C\C/C=C\C/C=C\CCCCCCCCCCCCC(=O)NC(COP(=O)([O-])OCC[N+](C)(C)C)C(O)CCCCCCCCCCCCCCCCCCCCCCCCCCCCCCC. The molecule has 0 saturated heterocycles. The van der Waals surface area contributed by atoms with Gasteiger partial charge in [0.05, 0.1) is 39.9 Å². The number of hydrogen-bond acceptors (Lipinski definition) is 6. The number of carbonyl (C=O) groups is 1. The average molecular weight is 1300 g/mol. The second-order valence-corrected chi connectivity index (χ2v) is 28.7. The van der Waals surface area contributed by atoms with Crippen LogP contribution in [0.25, 0.3) is 0 Å². The molecule has 3 atom stereocenters. The molecule has 532 valence electrons. The number of phosphoric acid groups is 1. The summed E-state index contributed by atoms with van der Waals surface area (Å²) in [6.07, 6.45) is 107. The van der Waals surface area contributed by atoms with Gasteiger partial charge in [0, 0.05) is 6.42 Å². The summed E-state index contributed by atoms with van der Waals surface area (Å²) >= 11 is 0. The van der Waals surface area contributed by atoms with Crippen molar-refractivity contribution in [2.75, 3.05) is 40.9 Å². The van der Waals surface area contributed by atoms with Crippen molar-refractivity contribution in [1.82, 2.24) is 5.32 Å². The lowest BCUT2D eigenvalue weighted by Crippen LogP contribution is -2.46. The average Bonchev–Trinajstić information content (AvgIpc) is 2.63. The summed E-state index contributed by atoms with van der Waals surface area (Å²) in [5.74, 6) is -0.169. The van der Waals surface area contributed by atoms with Crippen LogP contribution in [0.4, 0.5) is 0 Å². The van der Waals surface area contributed by atoms with Crippen LogP contribution >= 0.6 is 7.82 Å². The fourth-order valence-corrected chi connectivity index (χ4v) is 12.0. The van der Waals surface area contributed by atoms with E-state index in [4.69, 9.17) is 9.05 Å². The molecule has 0 saturated carbocycles. The number of amides is 1. The standard InChI is InChI=1S/C83H149N2O6P/c1-6-8-10-12-14-16-18-20-22-24-26-28-30-32-34-36-37-38-39-40-41-42-43-44-45-46-47-49-51-53-55-57-59-61-63-65-67-69-71-73-75-77-83(87)84-81(80-91-92(88,89)90-79-78-85(3,4)5)82(86)76-74-72-70-68-66-64-62-60-58-56-54-52-50-48-35-33-31-29-27-25-23-21-19-17-15-13-11-9-7-2/h8,10,14,16,20,22,26,28,32,34,37-38,40-41,43-44,46-47,51,53,81-82,86H,6-7,9,11-13,15,17-19,21,23-25,27,29-31,33,35-36,39,42,45,48-50,52,54-80H2,1-5H3,(H-,84,87,88,89)/b10-8-,16-14-,22-20-,28-26-,34-32-,38-37-,41-40-,44-43-,47-46-,53-51-. The molecule has 2 N–H and O–H groups in total. The van der Waals surface area contributed by atoms with Crippen LogP contribution in [0, 0.1) is 0 Å². The highest BCUT2D eigenvalue weighted by molar-refractivity contribution is 7.45. The van der Waals surface area contributed by atoms with Crippen LogP contribution in [0.15, 0.2) is 122 Å². The molecule has 3 unspecified atom stereocenters. The predicted molar refractivity (Wildman–Crippen MR) is 403 cm³/mol. The lowest BCUT2D eigenvalue weighted by molar-refractivity contribution is -0.870. The van der Waals surface area contributed by atoms with Crippen LogP contribution in [-0.4, -0.2) is 68.5 Å². The fourth-order valence-electron chi connectivity index (χ4n) is 11.2. The van der Waals surface area contributed by atoms with E-state index in [9.17, 15) is 19.4 Å². The molecule has 0 aromatic carbocycles. The van der Waals surface area contributed by atoms with Gasteiger partial charge < -0.3 is 28.8 Å². The van der Waals surface area contributed by atoms with Crippen LogP contribution in [0.3, 0.4) is 0 Å². The number of rotatable bonds is 71. The summed E-state index contributed by atoms with van der Waals surface area (Å²) in [7, 11) is 1.30. The number of quaternary nitrogens is 1. The summed E-state index contributed by atoms with van der Waals surface area (Å²) in [5.41, 5.74) is 0. The number of aliphatic hydroxyl groups excluding tert-OH is 1. The topological polar surface area (TPSA) is 108 Å². The zero-order chi connectivity index (χ0) is 66.9. The molecule has 1 amide bonds. The highest BCUT2D eigenvalue weighted by Crippen LogP contribution is 2.38. The minimum Gasteiger partial charge on any atom is -0.756 e. The molecular formula is C83H149N2O6P. The number of hydrogen-bond donors (Lipinski definition) is 2. The molecule has 0 bridgehead atoms. The van der Waals surface area contributed by atoms with Crippen LogP contribution in [0.2, 0.25) is 0 Å². The Labute approximate surface area is 571 Å². The number of aliphatic hydroxyl groups is 1. The second-order valence-electron chi connectivity index (χ2n) is 27.3. The van der Waals surface area contributed by atoms with Crippen molar-refractivity contribution in [3.05, 3.63) is 122 Å². The van der Waals surface area contributed by atoms with Crippen molar-refractivity contribution >= 4 is 13.7 Å². The zero-order valence-corrected chi connectivity index (χ0v) is 61.9. The maximum atomic E-state index is 13.1. The minimum absolute atomic E-state index is 0.00720. The summed E-state index contributed by atoms with van der Waals surface area (Å²) < 4.78 is 23.6. The maximum absolute atomic E-state index is 13.1. The van der Waals surface area contributed by atoms with Gasteiger partial charge in [0.1, 0.15) is 13.2 Å². The Balaban J connectivity index is 4.04. The third kappa shape index (κ3) is 74.3. The molecule has 0 aliphatic carbocycles. The van der Waals surface area contributed by atoms with E-state index in [1.165, 1.54) is 212 Å². The molecule has 9 heteroatoms. The lowest BCUT2D eigenvalue weighted by atomic mass is 10.0. The first-order valence-corrected chi connectivity index (χ1v) is 40.3. The Morgan fingerprint density at radius 2 is 0.663 bits per heavy atom. The molecule has 0 aliphatic heterocycles. The Kier molecular flexibility index (Phi) is 69.7. The van der Waals surface area contributed by atoms with Gasteiger partial charge in [0.2, 0.25) is 5.91 Å². The summed E-state index contributed by atoms with van der Waals surface area (Å²) in [6.45, 7) is 4.64. The number of allylic oxidation sites excluding steroid dienone is 20. The van der Waals surface area contributed by atoms with E-state index in [2.05, 4.69) is 141 Å². The number of unbranched alkanes of at least 4 members (excludes halogenated alkanes) is 38. The number of nitrogens with zero attached hydrogens (tertiary/aromatic N) is 1. The molecule has 0 rings (SSSR count). The number of nitrogens with one attached hydrogen (secondary N) is 1. The number of phosphoric ester groups is 1. The van der Waals surface area contributed by atoms with E-state index in [1.54, 1.807) is 0 Å². The Hall–Kier alpha value is -3.10. The third-order valence-corrected chi connectivity index (χ3v) is 18.2. The largest absolute Gasteiger partial charge is 0.756 e. The van der Waals surface area contributed by atoms with Crippen molar-refractivity contribution in [2.45, 2.75) is 360 Å². The van der Waals surface area contributed by atoms with E-state index >= 15 is 0 Å². The molecular weight excluding hydrogens is 1150 g/mol. The summed E-state index contributed by atoms with van der Waals surface area (Å²) in [6, 6.07) is -0.813. The fraction of sp³-hybridized carbons (Fsp3) is 0.747. The van der Waals surface area contributed by atoms with Gasteiger partial charge in [-0.3, -0.25) is 9.36 Å². The smallest absolute Gasteiger partial charge is 0.268 e. The normalized spacial score (nSPS) is 14.2. The Bertz CT molecular complexity index is 1920.